The summed E-state index contributed by atoms with van der Waals surface area (Å²) in [6, 6.07) is 4.32. The largest absolute Gasteiger partial charge is 0.495 e. The molecule has 0 atom stereocenters. The zero-order chi connectivity index (χ0) is 12.9. The number of aliphatic hydroxyl groups is 1. The highest BCUT2D eigenvalue weighted by atomic mass is 32.2. The van der Waals surface area contributed by atoms with Gasteiger partial charge in [-0.2, -0.15) is 0 Å². The van der Waals surface area contributed by atoms with E-state index in [0.717, 1.165) is 0 Å². The SMILES string of the molecule is COc1cc(N)ccc1S(=O)(=O)NCCCO. The Morgan fingerprint density at radius 1 is 1.47 bits per heavy atom. The Labute approximate surface area is 100 Å². The number of nitrogens with two attached hydrogens (primary N) is 1. The van der Waals surface area contributed by atoms with E-state index in [9.17, 15) is 8.42 Å². The lowest BCUT2D eigenvalue weighted by Gasteiger charge is -2.10. The minimum absolute atomic E-state index is 0.0344. The van der Waals surface area contributed by atoms with Crippen LogP contribution in [-0.2, 0) is 10.0 Å². The topological polar surface area (TPSA) is 102 Å². The number of hydrogen-bond acceptors (Lipinski definition) is 5. The maximum absolute atomic E-state index is 11.9. The number of ether oxygens (including phenoxy) is 1. The first-order valence-corrected chi connectivity index (χ1v) is 6.53. The fourth-order valence-electron chi connectivity index (χ4n) is 1.27. The summed E-state index contributed by atoms with van der Waals surface area (Å²) >= 11 is 0. The minimum atomic E-state index is -3.63. The van der Waals surface area contributed by atoms with E-state index >= 15 is 0 Å². The summed E-state index contributed by atoms with van der Waals surface area (Å²) in [5, 5.41) is 8.59. The molecule has 0 radical (unpaired) electrons. The van der Waals surface area contributed by atoms with Crippen LogP contribution in [0.3, 0.4) is 0 Å². The van der Waals surface area contributed by atoms with E-state index in [2.05, 4.69) is 4.72 Å². The number of anilines is 1. The van der Waals surface area contributed by atoms with Crippen LogP contribution in [0.5, 0.6) is 5.75 Å². The van der Waals surface area contributed by atoms with Crippen LogP contribution in [0.25, 0.3) is 0 Å². The Bertz CT molecular complexity index is 473. The summed E-state index contributed by atoms with van der Waals surface area (Å²) in [7, 11) is -2.26. The molecule has 0 heterocycles. The lowest BCUT2D eigenvalue weighted by atomic mass is 10.3. The molecule has 4 N–H and O–H groups in total. The lowest BCUT2D eigenvalue weighted by molar-refractivity contribution is 0.289. The molecule has 0 saturated carbocycles. The van der Waals surface area contributed by atoms with Crippen molar-refractivity contribution in [2.24, 2.45) is 0 Å². The molecule has 0 aliphatic rings. The number of nitrogens with one attached hydrogen (secondary N) is 1. The van der Waals surface area contributed by atoms with Gasteiger partial charge in [0.15, 0.2) is 0 Å². The standard InChI is InChI=1S/C10H16N2O4S/c1-16-9-7-8(11)3-4-10(9)17(14,15)12-5-2-6-13/h3-4,7,12-13H,2,5-6,11H2,1H3. The van der Waals surface area contributed by atoms with Crippen LogP contribution in [0, 0.1) is 0 Å². The third-order valence-corrected chi connectivity index (χ3v) is 3.60. The quantitative estimate of drug-likeness (QED) is 0.491. The van der Waals surface area contributed by atoms with E-state index in [1.165, 1.54) is 25.3 Å². The first-order chi connectivity index (χ1) is 8.01. The van der Waals surface area contributed by atoms with Crippen LogP contribution < -0.4 is 15.2 Å². The van der Waals surface area contributed by atoms with E-state index < -0.39 is 10.0 Å². The van der Waals surface area contributed by atoms with Gasteiger partial charge in [0.25, 0.3) is 0 Å². The maximum Gasteiger partial charge on any atom is 0.244 e. The first-order valence-electron chi connectivity index (χ1n) is 5.05. The molecule has 0 bridgehead atoms. The molecule has 0 aliphatic carbocycles. The Balaban J connectivity index is 2.98. The fourth-order valence-corrected chi connectivity index (χ4v) is 2.49. The third-order valence-electron chi connectivity index (χ3n) is 2.10. The molecule has 96 valence electrons. The Morgan fingerprint density at radius 3 is 2.76 bits per heavy atom. The molecular formula is C10H16N2O4S. The van der Waals surface area contributed by atoms with Crippen molar-refractivity contribution in [3.8, 4) is 5.75 Å². The van der Waals surface area contributed by atoms with E-state index in [4.69, 9.17) is 15.6 Å². The highest BCUT2D eigenvalue weighted by Crippen LogP contribution is 2.25. The molecule has 1 aromatic carbocycles. The van der Waals surface area contributed by atoms with Crippen molar-refractivity contribution < 1.29 is 18.3 Å². The molecule has 0 aromatic heterocycles. The summed E-state index contributed by atoms with van der Waals surface area (Å²) in [6.45, 7) is 0.105. The van der Waals surface area contributed by atoms with Gasteiger partial charge in [-0.25, -0.2) is 13.1 Å². The Morgan fingerprint density at radius 2 is 2.18 bits per heavy atom. The normalized spacial score (nSPS) is 11.4. The van der Waals surface area contributed by atoms with Gasteiger partial charge in [0, 0.05) is 24.9 Å². The van der Waals surface area contributed by atoms with Crippen molar-refractivity contribution in [1.29, 1.82) is 0 Å². The average molecular weight is 260 g/mol. The number of hydrogen-bond donors (Lipinski definition) is 3. The van der Waals surface area contributed by atoms with Gasteiger partial charge in [0.2, 0.25) is 10.0 Å². The first kappa shape index (κ1) is 13.8. The molecule has 0 aliphatic heterocycles. The van der Waals surface area contributed by atoms with Gasteiger partial charge in [-0.05, 0) is 18.6 Å². The van der Waals surface area contributed by atoms with Crippen LogP contribution >= 0.6 is 0 Å². The zero-order valence-electron chi connectivity index (χ0n) is 9.51. The molecule has 17 heavy (non-hydrogen) atoms. The number of sulfonamides is 1. The van der Waals surface area contributed by atoms with Gasteiger partial charge in [-0.15, -0.1) is 0 Å². The van der Waals surface area contributed by atoms with E-state index in [1.807, 2.05) is 0 Å². The molecule has 1 rings (SSSR count). The van der Waals surface area contributed by atoms with Crippen molar-refractivity contribution in [1.82, 2.24) is 4.72 Å². The fraction of sp³-hybridized carbons (Fsp3) is 0.400. The molecule has 0 saturated heterocycles. The summed E-state index contributed by atoms with van der Waals surface area (Å²) in [4.78, 5) is 0.0344. The number of methoxy groups -OCH3 is 1. The molecule has 0 fully saturated rings. The number of nitrogen functional groups attached to an aromatic ring is 1. The predicted molar refractivity (Wildman–Crippen MR) is 64.3 cm³/mol. The highest BCUT2D eigenvalue weighted by Gasteiger charge is 2.18. The predicted octanol–water partition coefficient (Wildman–Crippen LogP) is -0.0619. The van der Waals surface area contributed by atoms with E-state index in [1.54, 1.807) is 0 Å². The zero-order valence-corrected chi connectivity index (χ0v) is 10.3. The van der Waals surface area contributed by atoms with E-state index in [0.29, 0.717) is 12.1 Å². The molecule has 7 heteroatoms. The number of rotatable bonds is 6. The van der Waals surface area contributed by atoms with Crippen molar-refractivity contribution in [2.45, 2.75) is 11.3 Å². The second-order valence-electron chi connectivity index (χ2n) is 3.39. The smallest absolute Gasteiger partial charge is 0.244 e. The monoisotopic (exact) mass is 260 g/mol. The van der Waals surface area contributed by atoms with E-state index in [-0.39, 0.29) is 23.8 Å². The van der Waals surface area contributed by atoms with Crippen molar-refractivity contribution in [2.75, 3.05) is 26.0 Å². The second kappa shape index (κ2) is 5.85. The van der Waals surface area contributed by atoms with Crippen LogP contribution in [0.4, 0.5) is 5.69 Å². The molecule has 0 spiro atoms. The second-order valence-corrected chi connectivity index (χ2v) is 5.12. The van der Waals surface area contributed by atoms with Crippen LogP contribution in [0.1, 0.15) is 6.42 Å². The molecule has 0 unspecified atom stereocenters. The lowest BCUT2D eigenvalue weighted by Crippen LogP contribution is -2.25. The minimum Gasteiger partial charge on any atom is -0.495 e. The van der Waals surface area contributed by atoms with Gasteiger partial charge in [0.1, 0.15) is 10.6 Å². The van der Waals surface area contributed by atoms with Crippen LogP contribution in [-0.4, -0.2) is 33.8 Å². The van der Waals surface area contributed by atoms with Gasteiger partial charge in [-0.3, -0.25) is 0 Å². The van der Waals surface area contributed by atoms with Gasteiger partial charge < -0.3 is 15.6 Å². The van der Waals surface area contributed by atoms with Crippen molar-refractivity contribution in [3.63, 3.8) is 0 Å². The Kier molecular flexibility index (Phi) is 4.73. The molecule has 1 aromatic rings. The molecule has 0 amide bonds. The average Bonchev–Trinajstić information content (AvgIpc) is 2.28. The highest BCUT2D eigenvalue weighted by molar-refractivity contribution is 7.89. The third kappa shape index (κ3) is 3.58. The van der Waals surface area contributed by atoms with Crippen LogP contribution in [0.15, 0.2) is 23.1 Å². The summed E-state index contributed by atoms with van der Waals surface area (Å²) in [5.41, 5.74) is 5.97. The van der Waals surface area contributed by atoms with Crippen LogP contribution in [0.2, 0.25) is 0 Å². The van der Waals surface area contributed by atoms with Gasteiger partial charge in [0.05, 0.1) is 7.11 Å². The van der Waals surface area contributed by atoms with Gasteiger partial charge >= 0.3 is 0 Å². The van der Waals surface area contributed by atoms with Crippen molar-refractivity contribution >= 4 is 15.7 Å². The molecular weight excluding hydrogens is 244 g/mol. The maximum atomic E-state index is 11.9. The Hall–Kier alpha value is -1.31. The van der Waals surface area contributed by atoms with Gasteiger partial charge in [-0.1, -0.05) is 0 Å². The van der Waals surface area contributed by atoms with Crippen molar-refractivity contribution in [3.05, 3.63) is 18.2 Å². The molecule has 6 nitrogen and oxygen atoms in total. The summed E-state index contributed by atoms with van der Waals surface area (Å²) in [5.74, 6) is 0.196. The number of aliphatic hydroxyl groups excluding tert-OH is 1. The summed E-state index contributed by atoms with van der Waals surface area (Å²) in [6.07, 6.45) is 0.358. The summed E-state index contributed by atoms with van der Waals surface area (Å²) < 4.78 is 31.1. The number of benzene rings is 1.